The van der Waals surface area contributed by atoms with Gasteiger partial charge in [0.25, 0.3) is 21.8 Å². The number of methoxy groups -OCH3 is 3. The summed E-state index contributed by atoms with van der Waals surface area (Å²) in [6, 6.07) is -2.41. The van der Waals surface area contributed by atoms with Crippen molar-refractivity contribution in [3.63, 3.8) is 0 Å². The zero-order chi connectivity index (χ0) is 54.3. The van der Waals surface area contributed by atoms with E-state index in [0.717, 1.165) is 17.7 Å². The van der Waals surface area contributed by atoms with Crippen molar-refractivity contribution in [2.45, 2.75) is 174 Å². The maximum atomic E-state index is 14.1. The van der Waals surface area contributed by atoms with Gasteiger partial charge in [0, 0.05) is 58.6 Å². The Hall–Kier alpha value is -3.51. The minimum absolute atomic E-state index is 0.0835. The third-order valence-electron chi connectivity index (χ3n) is 14.6. The van der Waals surface area contributed by atoms with E-state index < -0.39 is 116 Å². The highest BCUT2D eigenvalue weighted by Crippen LogP contribution is 2.37. The highest BCUT2D eigenvalue weighted by atomic mass is 32.2. The molecule has 2 heterocycles. The number of hydrogen-bond acceptors (Lipinski definition) is 16. The summed E-state index contributed by atoms with van der Waals surface area (Å²) in [6.45, 7) is 11.4. The van der Waals surface area contributed by atoms with Gasteiger partial charge in [0.05, 0.1) is 29.8 Å². The van der Waals surface area contributed by atoms with Crippen LogP contribution in [0.25, 0.3) is 0 Å². The lowest BCUT2D eigenvalue weighted by Crippen LogP contribution is -2.59. The van der Waals surface area contributed by atoms with E-state index in [1.54, 1.807) is 72.3 Å². The number of aliphatic hydroxyl groups excluding tert-OH is 1. The molecule has 1 amide bonds. The Labute approximate surface area is 427 Å². The third kappa shape index (κ3) is 18.4. The molecule has 410 valence electrons. The lowest BCUT2D eigenvalue weighted by atomic mass is 9.78. The summed E-state index contributed by atoms with van der Waals surface area (Å²) in [5, 5.41) is 23.3. The van der Waals surface area contributed by atoms with Crippen LogP contribution in [-0.2, 0) is 67.8 Å². The molecule has 1 saturated carbocycles. The second kappa shape index (κ2) is 28.4. The second-order valence-electron chi connectivity index (χ2n) is 20.2. The molecule has 0 spiro atoms. The Bertz CT molecular complexity index is 2210. The molecule has 4 N–H and O–H groups in total. The lowest BCUT2D eigenvalue weighted by molar-refractivity contribution is -0.263. The van der Waals surface area contributed by atoms with Crippen LogP contribution in [0.15, 0.2) is 47.6 Å². The largest absolute Gasteiger partial charge is 0.460 e. The summed E-state index contributed by atoms with van der Waals surface area (Å²) >= 11 is 0. The lowest BCUT2D eigenvalue weighted by Gasteiger charge is -2.42. The number of allylic oxidation sites excluding steroid dienone is 6. The molecule has 3 aliphatic rings. The number of cyclic esters (lactones) is 1. The van der Waals surface area contributed by atoms with E-state index in [1.807, 2.05) is 13.0 Å². The van der Waals surface area contributed by atoms with E-state index in [2.05, 4.69) is 4.72 Å². The number of carbonyl (C=O) groups excluding carboxylic acids is 5. The van der Waals surface area contributed by atoms with Crippen molar-refractivity contribution in [2.24, 2.45) is 29.6 Å². The number of nitrogens with one attached hydrogen (secondary N) is 1. The van der Waals surface area contributed by atoms with Gasteiger partial charge in [-0.1, -0.05) is 69.7 Å². The van der Waals surface area contributed by atoms with Crippen LogP contribution in [0.2, 0.25) is 0 Å². The summed E-state index contributed by atoms with van der Waals surface area (Å²) < 4.78 is 90.0. The van der Waals surface area contributed by atoms with Gasteiger partial charge in [-0.05, 0) is 102 Å². The van der Waals surface area contributed by atoms with Crippen molar-refractivity contribution in [1.82, 2.24) is 9.62 Å². The monoisotopic (exact) mass is 1060 g/mol. The predicted molar refractivity (Wildman–Crippen MR) is 269 cm³/mol. The fraction of sp³-hybridized carbons (Fsp3) is 0.745. The van der Waals surface area contributed by atoms with Gasteiger partial charge in [0.15, 0.2) is 5.78 Å². The Morgan fingerprint density at radius 3 is 2.15 bits per heavy atom. The Morgan fingerprint density at radius 2 is 1.53 bits per heavy atom. The first-order valence-corrected chi connectivity index (χ1v) is 28.2. The van der Waals surface area contributed by atoms with E-state index in [9.17, 15) is 55.6 Å². The van der Waals surface area contributed by atoms with Gasteiger partial charge in [0.1, 0.15) is 30.1 Å². The maximum absolute atomic E-state index is 14.1. The number of ketones is 3. The number of nitrogens with zero attached hydrogens (tertiary/aromatic N) is 1. The molecule has 0 aromatic heterocycles. The van der Waals surface area contributed by atoms with Gasteiger partial charge in [0.2, 0.25) is 15.8 Å². The number of esters is 1. The molecule has 0 aromatic carbocycles. The average Bonchev–Trinajstić information content (AvgIpc) is 3.32. The normalized spacial score (nSPS) is 36.1. The minimum Gasteiger partial charge on any atom is -0.460 e. The molecule has 2 aliphatic heterocycles. The van der Waals surface area contributed by atoms with Crippen LogP contribution < -0.4 is 4.72 Å². The molecule has 21 heteroatoms. The fourth-order valence-corrected chi connectivity index (χ4v) is 11.6. The molecule has 1 aliphatic carbocycles. The number of hydrogen-bond donors (Lipinski definition) is 4. The molecule has 72 heavy (non-hydrogen) atoms. The third-order valence-corrected chi connectivity index (χ3v) is 16.9. The van der Waals surface area contributed by atoms with Gasteiger partial charge < -0.3 is 38.8 Å². The summed E-state index contributed by atoms with van der Waals surface area (Å²) in [6.07, 6.45) is 8.54. The minimum atomic E-state index is -4.44. The zero-order valence-electron chi connectivity index (χ0n) is 44.0. The number of amides is 1. The number of sulfonamides is 1. The number of ether oxygens (including phenoxy) is 5. The highest BCUT2D eigenvalue weighted by Gasteiger charge is 2.52. The topological polar surface area (TPSA) is 276 Å². The molecule has 1 saturated heterocycles. The van der Waals surface area contributed by atoms with Crippen molar-refractivity contribution < 1.29 is 79.3 Å². The number of fused-ring (bicyclic) bond motifs is 2. The van der Waals surface area contributed by atoms with Crippen molar-refractivity contribution in [1.29, 1.82) is 0 Å². The number of likely N-dealkylation sites (N-methyl/N-ethyl adjacent to an activating group) is 1. The standard InChI is InChI=1S/C51H82N2O17S2/c1-31-18-15-13-12-14-16-19-32(2)45(55)47(68-11)46(56)35(5)26-33(3)41(54)30-43(34(4)27-38-21-23-42(66-9)44(28-38)67-10)69-50(59)37(7)53(8)49(58)48(57)51(60)36(6)20-22-39(70-51)29-40(31)52-71(61,62)24-17-25-72(63,64)65/h12-15,18,26,32-34,36-40,42-44,46-47,52,56,60H,16-17,19-25,27-30H2,1-11H3,(H,63,64,65)/b14-12+,15-13+,31-18+,35-26+/t32?,33?,34-,36+,37?,38+,39-,40?,42-,43?,44-,46?,47?,51+/m1/s1. The van der Waals surface area contributed by atoms with Crippen molar-refractivity contribution in [2.75, 3.05) is 39.9 Å². The van der Waals surface area contributed by atoms with Crippen LogP contribution in [0.3, 0.4) is 0 Å². The van der Waals surface area contributed by atoms with Gasteiger partial charge in [-0.25, -0.2) is 17.9 Å². The molecular formula is C51H82N2O17S2. The van der Waals surface area contributed by atoms with Crippen LogP contribution in [0.1, 0.15) is 119 Å². The first-order chi connectivity index (χ1) is 33.6. The van der Waals surface area contributed by atoms with E-state index in [-0.39, 0.29) is 61.3 Å². The van der Waals surface area contributed by atoms with E-state index in [0.29, 0.717) is 36.8 Å². The molecule has 3 rings (SSSR count). The maximum Gasteiger partial charge on any atom is 0.328 e. The molecule has 19 nitrogen and oxygen atoms in total. The number of aliphatic hydroxyl groups is 2. The number of rotatable bonds is 12. The Morgan fingerprint density at radius 1 is 0.861 bits per heavy atom. The first kappa shape index (κ1) is 62.8. The highest BCUT2D eigenvalue weighted by molar-refractivity contribution is 7.89. The second-order valence-corrected chi connectivity index (χ2v) is 23.6. The van der Waals surface area contributed by atoms with E-state index in [1.165, 1.54) is 28.0 Å². The zero-order valence-corrected chi connectivity index (χ0v) is 45.6. The molecule has 14 atom stereocenters. The van der Waals surface area contributed by atoms with Crippen molar-refractivity contribution in [3.8, 4) is 0 Å². The van der Waals surface area contributed by atoms with Crippen molar-refractivity contribution in [3.05, 3.63) is 47.6 Å². The van der Waals surface area contributed by atoms with Gasteiger partial charge in [-0.2, -0.15) is 8.42 Å². The molecule has 2 bridgehead atoms. The van der Waals surface area contributed by atoms with E-state index >= 15 is 0 Å². The molecule has 2 fully saturated rings. The van der Waals surface area contributed by atoms with Crippen molar-refractivity contribution >= 4 is 49.4 Å². The smallest absolute Gasteiger partial charge is 0.328 e. The van der Waals surface area contributed by atoms with Crippen LogP contribution in [-0.4, -0.2) is 160 Å². The Kier molecular flexibility index (Phi) is 24.8. The van der Waals surface area contributed by atoms with Gasteiger partial charge >= 0.3 is 5.97 Å². The quantitative estimate of drug-likeness (QED) is 0.0899. The Balaban J connectivity index is 2.05. The number of Topliss-reactive ketones (excluding diaryl/α,β-unsaturated/α-hetero) is 3. The average molecular weight is 1060 g/mol. The summed E-state index contributed by atoms with van der Waals surface area (Å²) in [7, 11) is -2.84. The summed E-state index contributed by atoms with van der Waals surface area (Å²) in [5.74, 6) is -10.8. The summed E-state index contributed by atoms with van der Waals surface area (Å²) in [5.41, 5.74) is 0.800. The van der Waals surface area contributed by atoms with Crippen LogP contribution in [0, 0.1) is 29.6 Å². The molecular weight excluding hydrogens is 977 g/mol. The van der Waals surface area contributed by atoms with Gasteiger partial charge in [-0.15, -0.1) is 0 Å². The van der Waals surface area contributed by atoms with Crippen LogP contribution in [0.4, 0.5) is 0 Å². The number of carbonyl (C=O) groups is 5. The van der Waals surface area contributed by atoms with Gasteiger partial charge in [-0.3, -0.25) is 23.7 Å². The van der Waals surface area contributed by atoms with Crippen LogP contribution >= 0.6 is 0 Å². The molecule has 0 aromatic rings. The van der Waals surface area contributed by atoms with E-state index in [4.69, 9.17) is 23.7 Å². The molecule has 7 unspecified atom stereocenters. The van der Waals surface area contributed by atoms with Crippen LogP contribution in [0.5, 0.6) is 0 Å². The molecule has 0 radical (unpaired) electrons. The SMILES string of the molecule is COC1C(=O)C(C)CC/C=C/C=C/C=C(\C)C(NS(=O)(=O)CCCS(=O)(=O)O)C[C@H]2CC[C@H](C)[C@](O)(O2)C(=O)C(=O)N(C)C(C)C(=O)OC([C@H](C)C[C@@H]2CC[C@@H](OC)[C@H](OC)C2)CC(=O)C(C)/C=C(\C)C1O. The summed E-state index contributed by atoms with van der Waals surface area (Å²) in [4.78, 5) is 70.7. The predicted octanol–water partition coefficient (Wildman–Crippen LogP) is 4.61. The fourth-order valence-electron chi connectivity index (χ4n) is 9.59. The first-order valence-electron chi connectivity index (χ1n) is 25.0.